The van der Waals surface area contributed by atoms with E-state index in [1.54, 1.807) is 13.8 Å². The van der Waals surface area contributed by atoms with Crippen LogP contribution in [-0.2, 0) is 19.1 Å². The molecule has 24 heavy (non-hydrogen) atoms. The average molecular weight is 350 g/mol. The van der Waals surface area contributed by atoms with E-state index in [4.69, 9.17) is 4.74 Å². The number of esters is 1. The van der Waals surface area contributed by atoms with Gasteiger partial charge in [-0.05, 0) is 31.7 Å². The second-order valence-corrected chi connectivity index (χ2v) is 7.09. The van der Waals surface area contributed by atoms with Crippen molar-refractivity contribution in [2.45, 2.75) is 38.8 Å². The van der Waals surface area contributed by atoms with Crippen LogP contribution in [0.25, 0.3) is 0 Å². The standard InChI is InChI=1S/C17H22N2O4S/c1-4-17(16(22)23-6-3)12-11(14(20)19(5-2)15(12)21)13(18-17)10-8-7-9-24-10/h7-9,11-13,18H,4-6H2,1-3H3/t11-,12+,13-,17+/m0/s1. The van der Waals surface area contributed by atoms with Crippen LogP contribution in [-0.4, -0.2) is 41.4 Å². The van der Waals surface area contributed by atoms with Crippen LogP contribution in [0.5, 0.6) is 0 Å². The molecule has 0 radical (unpaired) electrons. The van der Waals surface area contributed by atoms with Crippen LogP contribution in [0.15, 0.2) is 17.5 Å². The molecular weight excluding hydrogens is 328 g/mol. The van der Waals surface area contributed by atoms with Gasteiger partial charge in [0, 0.05) is 11.4 Å². The van der Waals surface area contributed by atoms with Crippen molar-refractivity contribution < 1.29 is 19.1 Å². The van der Waals surface area contributed by atoms with E-state index < -0.39 is 23.3 Å². The van der Waals surface area contributed by atoms with Crippen molar-refractivity contribution in [1.29, 1.82) is 0 Å². The second-order valence-electron chi connectivity index (χ2n) is 6.11. The minimum absolute atomic E-state index is 0.196. The number of amides is 2. The zero-order chi connectivity index (χ0) is 17.5. The first kappa shape index (κ1) is 17.1. The van der Waals surface area contributed by atoms with E-state index in [1.165, 1.54) is 16.2 Å². The zero-order valence-electron chi connectivity index (χ0n) is 14.1. The maximum Gasteiger partial charge on any atom is 0.327 e. The van der Waals surface area contributed by atoms with Crippen LogP contribution in [0.3, 0.4) is 0 Å². The number of imide groups is 1. The van der Waals surface area contributed by atoms with Crippen molar-refractivity contribution in [1.82, 2.24) is 10.2 Å². The highest BCUT2D eigenvalue weighted by atomic mass is 32.1. The van der Waals surface area contributed by atoms with E-state index in [-0.39, 0.29) is 24.5 Å². The van der Waals surface area contributed by atoms with Crippen LogP contribution in [0.2, 0.25) is 0 Å². The molecular formula is C17H22N2O4S. The Morgan fingerprint density at radius 1 is 1.33 bits per heavy atom. The molecule has 3 rings (SSSR count). The van der Waals surface area contributed by atoms with Crippen LogP contribution in [0.4, 0.5) is 0 Å². The van der Waals surface area contributed by atoms with Crippen LogP contribution in [0.1, 0.15) is 38.1 Å². The van der Waals surface area contributed by atoms with Gasteiger partial charge in [0.05, 0.1) is 24.5 Å². The maximum atomic E-state index is 12.9. The fraction of sp³-hybridized carbons (Fsp3) is 0.588. The highest BCUT2D eigenvalue weighted by Gasteiger charge is 2.68. The molecule has 6 nitrogen and oxygen atoms in total. The molecule has 0 aliphatic carbocycles. The van der Waals surface area contributed by atoms with Crippen molar-refractivity contribution >= 4 is 29.1 Å². The fourth-order valence-electron chi connectivity index (χ4n) is 4.00. The largest absolute Gasteiger partial charge is 0.465 e. The third-order valence-corrected chi connectivity index (χ3v) is 6.06. The van der Waals surface area contributed by atoms with Crippen molar-refractivity contribution in [2.75, 3.05) is 13.2 Å². The number of rotatable bonds is 5. The molecule has 0 aromatic carbocycles. The lowest BCUT2D eigenvalue weighted by atomic mass is 9.78. The first-order valence-electron chi connectivity index (χ1n) is 8.35. The van der Waals surface area contributed by atoms with Crippen LogP contribution < -0.4 is 5.32 Å². The van der Waals surface area contributed by atoms with E-state index in [0.717, 1.165) is 4.88 Å². The summed E-state index contributed by atoms with van der Waals surface area (Å²) in [6.45, 7) is 5.93. The van der Waals surface area contributed by atoms with Gasteiger partial charge in [0.15, 0.2) is 0 Å². The predicted octanol–water partition coefficient (Wildman–Crippen LogP) is 1.73. The molecule has 3 heterocycles. The Balaban J connectivity index is 2.10. The lowest BCUT2D eigenvalue weighted by molar-refractivity contribution is -0.156. The molecule has 2 fully saturated rings. The SMILES string of the molecule is CCOC(=O)[C@]1(CC)N[C@@H](c2cccs2)[C@H]2C(=O)N(CC)C(=O)[C@@H]21. The summed E-state index contributed by atoms with van der Waals surface area (Å²) < 4.78 is 5.27. The number of hydrogen-bond acceptors (Lipinski definition) is 6. The summed E-state index contributed by atoms with van der Waals surface area (Å²) in [4.78, 5) is 40.7. The Labute approximate surface area is 145 Å². The number of carbonyl (C=O) groups excluding carboxylic acids is 3. The molecule has 7 heteroatoms. The van der Waals surface area contributed by atoms with Crippen molar-refractivity contribution in [3.8, 4) is 0 Å². The van der Waals surface area contributed by atoms with E-state index in [1.807, 2.05) is 24.4 Å². The molecule has 2 saturated heterocycles. The second kappa shape index (κ2) is 6.29. The van der Waals surface area contributed by atoms with Gasteiger partial charge < -0.3 is 4.74 Å². The first-order chi connectivity index (χ1) is 11.5. The molecule has 0 bridgehead atoms. The summed E-state index contributed by atoms with van der Waals surface area (Å²) in [6.07, 6.45) is 0.394. The van der Waals surface area contributed by atoms with Gasteiger partial charge in [-0.3, -0.25) is 24.6 Å². The number of ether oxygens (including phenoxy) is 1. The van der Waals surface area contributed by atoms with Gasteiger partial charge in [0.25, 0.3) is 0 Å². The minimum Gasteiger partial charge on any atom is -0.465 e. The molecule has 2 aliphatic heterocycles. The number of carbonyl (C=O) groups is 3. The van der Waals surface area contributed by atoms with Crippen molar-refractivity contribution in [3.63, 3.8) is 0 Å². The van der Waals surface area contributed by atoms with Gasteiger partial charge in [0.2, 0.25) is 11.8 Å². The van der Waals surface area contributed by atoms with Gasteiger partial charge >= 0.3 is 5.97 Å². The third-order valence-electron chi connectivity index (χ3n) is 5.11. The highest BCUT2D eigenvalue weighted by molar-refractivity contribution is 7.10. The number of likely N-dealkylation sites (tertiary alicyclic amines) is 1. The normalized spacial score (nSPS) is 32.3. The molecule has 1 N–H and O–H groups in total. The van der Waals surface area contributed by atoms with Crippen molar-refractivity contribution in [2.24, 2.45) is 11.8 Å². The van der Waals surface area contributed by atoms with Gasteiger partial charge in [-0.2, -0.15) is 0 Å². The zero-order valence-corrected chi connectivity index (χ0v) is 14.9. The van der Waals surface area contributed by atoms with E-state index in [0.29, 0.717) is 13.0 Å². The Morgan fingerprint density at radius 3 is 2.62 bits per heavy atom. The summed E-state index contributed by atoms with van der Waals surface area (Å²) in [5.74, 6) is -2.17. The summed E-state index contributed by atoms with van der Waals surface area (Å²) in [6, 6.07) is 3.50. The molecule has 4 atom stereocenters. The van der Waals surface area contributed by atoms with E-state index in [9.17, 15) is 14.4 Å². The van der Waals surface area contributed by atoms with Gasteiger partial charge in [-0.15, -0.1) is 11.3 Å². The van der Waals surface area contributed by atoms with Gasteiger partial charge in [-0.25, -0.2) is 0 Å². The Bertz CT molecular complexity index is 660. The number of hydrogen-bond donors (Lipinski definition) is 1. The summed E-state index contributed by atoms with van der Waals surface area (Å²) in [7, 11) is 0. The minimum atomic E-state index is -1.15. The molecule has 1 aromatic rings. The smallest absolute Gasteiger partial charge is 0.327 e. The number of nitrogens with one attached hydrogen (secondary N) is 1. The molecule has 0 spiro atoms. The lowest BCUT2D eigenvalue weighted by Crippen LogP contribution is -2.56. The lowest BCUT2D eigenvalue weighted by Gasteiger charge is -2.31. The molecule has 130 valence electrons. The molecule has 2 amide bonds. The Morgan fingerprint density at radius 2 is 2.08 bits per heavy atom. The number of fused-ring (bicyclic) bond motifs is 1. The van der Waals surface area contributed by atoms with Gasteiger partial charge in [-0.1, -0.05) is 13.0 Å². The maximum absolute atomic E-state index is 12.9. The fourth-order valence-corrected chi connectivity index (χ4v) is 4.83. The monoisotopic (exact) mass is 350 g/mol. The summed E-state index contributed by atoms with van der Waals surface area (Å²) in [5.41, 5.74) is -1.15. The summed E-state index contributed by atoms with van der Waals surface area (Å²) in [5, 5.41) is 5.25. The topological polar surface area (TPSA) is 75.7 Å². The Hall–Kier alpha value is -1.73. The quantitative estimate of drug-likeness (QED) is 0.646. The molecule has 2 aliphatic rings. The third kappa shape index (κ3) is 2.22. The summed E-state index contributed by atoms with van der Waals surface area (Å²) >= 11 is 1.52. The van der Waals surface area contributed by atoms with E-state index in [2.05, 4.69) is 5.32 Å². The Kier molecular flexibility index (Phi) is 4.48. The van der Waals surface area contributed by atoms with E-state index >= 15 is 0 Å². The van der Waals surface area contributed by atoms with Crippen molar-refractivity contribution in [3.05, 3.63) is 22.4 Å². The van der Waals surface area contributed by atoms with Crippen LogP contribution >= 0.6 is 11.3 Å². The predicted molar refractivity (Wildman–Crippen MR) is 89.2 cm³/mol. The number of nitrogens with zero attached hydrogens (tertiary/aromatic N) is 1. The first-order valence-corrected chi connectivity index (χ1v) is 9.23. The van der Waals surface area contributed by atoms with Crippen LogP contribution in [0, 0.1) is 11.8 Å². The molecule has 0 unspecified atom stereocenters. The number of thiophene rings is 1. The molecule has 0 saturated carbocycles. The highest BCUT2D eigenvalue weighted by Crippen LogP contribution is 2.50. The van der Waals surface area contributed by atoms with Gasteiger partial charge in [0.1, 0.15) is 5.54 Å². The molecule has 1 aromatic heterocycles. The average Bonchev–Trinajstić information content (AvgIpc) is 3.25.